The quantitative estimate of drug-likeness (QED) is 0.772. The lowest BCUT2D eigenvalue weighted by molar-refractivity contribution is 0.0953. The van der Waals surface area contributed by atoms with Gasteiger partial charge in [0.1, 0.15) is 5.82 Å². The molecule has 1 saturated carbocycles. The second kappa shape index (κ2) is 7.72. The van der Waals surface area contributed by atoms with Crippen molar-refractivity contribution in [3.05, 3.63) is 54.0 Å². The van der Waals surface area contributed by atoms with Gasteiger partial charge in [-0.25, -0.2) is 4.98 Å². The lowest BCUT2D eigenvalue weighted by atomic mass is 9.93. The molecule has 2 aromatic heterocycles. The standard InChI is InChI=1S/C18H22N4O/c23-18(20-12-4-8-15-5-1-2-11-19-15)14-9-10-17(21-13-14)22-16-6-3-7-16/h1-2,5,9-11,13,16H,3-4,6-8,12H2,(H,20,23)(H,21,22). The van der Waals surface area contributed by atoms with Gasteiger partial charge < -0.3 is 10.6 Å². The Morgan fingerprint density at radius 1 is 1.17 bits per heavy atom. The van der Waals surface area contributed by atoms with E-state index in [1.807, 2.05) is 30.3 Å². The predicted octanol–water partition coefficient (Wildman–Crippen LogP) is 2.80. The number of aryl methyl sites for hydroxylation is 1. The molecule has 0 bridgehead atoms. The van der Waals surface area contributed by atoms with Gasteiger partial charge in [-0.1, -0.05) is 6.07 Å². The predicted molar refractivity (Wildman–Crippen MR) is 90.4 cm³/mol. The molecule has 0 aromatic carbocycles. The lowest BCUT2D eigenvalue weighted by Crippen LogP contribution is -2.28. The van der Waals surface area contributed by atoms with Crippen LogP contribution in [0.5, 0.6) is 0 Å². The normalized spacial score (nSPS) is 14.1. The zero-order valence-electron chi connectivity index (χ0n) is 13.2. The number of hydrogen-bond donors (Lipinski definition) is 2. The van der Waals surface area contributed by atoms with Crippen LogP contribution in [0.2, 0.25) is 0 Å². The SMILES string of the molecule is O=C(NCCCc1ccccn1)c1ccc(NC2CCC2)nc1. The Morgan fingerprint density at radius 2 is 2.09 bits per heavy atom. The molecule has 2 N–H and O–H groups in total. The third kappa shape index (κ3) is 4.52. The number of carbonyl (C=O) groups excluding carboxylic acids is 1. The minimum Gasteiger partial charge on any atom is -0.367 e. The molecule has 2 aromatic rings. The average Bonchev–Trinajstić information content (AvgIpc) is 2.56. The van der Waals surface area contributed by atoms with E-state index in [9.17, 15) is 4.79 Å². The van der Waals surface area contributed by atoms with Gasteiger partial charge in [0.05, 0.1) is 5.56 Å². The van der Waals surface area contributed by atoms with Crippen molar-refractivity contribution in [3.63, 3.8) is 0 Å². The second-order valence-electron chi connectivity index (χ2n) is 5.88. The molecule has 1 aliphatic rings. The summed E-state index contributed by atoms with van der Waals surface area (Å²) in [7, 11) is 0. The Hall–Kier alpha value is -2.43. The number of carbonyl (C=O) groups is 1. The largest absolute Gasteiger partial charge is 0.367 e. The van der Waals surface area contributed by atoms with Crippen molar-refractivity contribution in [1.29, 1.82) is 0 Å². The van der Waals surface area contributed by atoms with Crippen molar-refractivity contribution in [2.75, 3.05) is 11.9 Å². The van der Waals surface area contributed by atoms with E-state index in [2.05, 4.69) is 20.6 Å². The highest BCUT2D eigenvalue weighted by molar-refractivity contribution is 5.94. The number of nitrogens with one attached hydrogen (secondary N) is 2. The van der Waals surface area contributed by atoms with E-state index in [0.29, 0.717) is 18.2 Å². The minimum atomic E-state index is -0.0753. The molecule has 120 valence electrons. The Labute approximate surface area is 136 Å². The fourth-order valence-corrected chi connectivity index (χ4v) is 2.49. The van der Waals surface area contributed by atoms with E-state index in [0.717, 1.165) is 24.4 Å². The van der Waals surface area contributed by atoms with E-state index in [1.165, 1.54) is 19.3 Å². The smallest absolute Gasteiger partial charge is 0.252 e. The number of pyridine rings is 2. The summed E-state index contributed by atoms with van der Waals surface area (Å²) >= 11 is 0. The third-order valence-electron chi connectivity index (χ3n) is 4.10. The first-order valence-corrected chi connectivity index (χ1v) is 8.22. The molecule has 5 nitrogen and oxygen atoms in total. The molecule has 0 saturated heterocycles. The highest BCUT2D eigenvalue weighted by Gasteiger charge is 2.17. The number of aromatic nitrogens is 2. The zero-order chi connectivity index (χ0) is 15.9. The Morgan fingerprint density at radius 3 is 2.74 bits per heavy atom. The molecule has 1 aliphatic carbocycles. The summed E-state index contributed by atoms with van der Waals surface area (Å²) in [6.45, 7) is 0.636. The Bertz CT molecular complexity index is 623. The van der Waals surface area contributed by atoms with Gasteiger partial charge in [-0.2, -0.15) is 0 Å². The number of hydrogen-bond acceptors (Lipinski definition) is 4. The molecule has 0 atom stereocenters. The van der Waals surface area contributed by atoms with Crippen molar-refractivity contribution < 1.29 is 4.79 Å². The van der Waals surface area contributed by atoms with E-state index in [4.69, 9.17) is 0 Å². The molecule has 0 unspecified atom stereocenters. The van der Waals surface area contributed by atoms with E-state index < -0.39 is 0 Å². The van der Waals surface area contributed by atoms with E-state index in [1.54, 1.807) is 12.4 Å². The van der Waals surface area contributed by atoms with Gasteiger partial charge in [-0.3, -0.25) is 9.78 Å². The van der Waals surface area contributed by atoms with Crippen molar-refractivity contribution in [2.24, 2.45) is 0 Å². The van der Waals surface area contributed by atoms with Crippen molar-refractivity contribution in [3.8, 4) is 0 Å². The highest BCUT2D eigenvalue weighted by atomic mass is 16.1. The van der Waals surface area contributed by atoms with Gasteiger partial charge in [0.2, 0.25) is 0 Å². The Kier molecular flexibility index (Phi) is 5.19. The highest BCUT2D eigenvalue weighted by Crippen LogP contribution is 2.22. The topological polar surface area (TPSA) is 66.9 Å². The third-order valence-corrected chi connectivity index (χ3v) is 4.10. The van der Waals surface area contributed by atoms with Gasteiger partial charge in [0, 0.05) is 30.7 Å². The zero-order valence-corrected chi connectivity index (χ0v) is 13.2. The van der Waals surface area contributed by atoms with Crippen LogP contribution < -0.4 is 10.6 Å². The average molecular weight is 310 g/mol. The molecular weight excluding hydrogens is 288 g/mol. The number of rotatable bonds is 7. The second-order valence-corrected chi connectivity index (χ2v) is 5.88. The molecule has 1 amide bonds. The van der Waals surface area contributed by atoms with Crippen LogP contribution in [-0.4, -0.2) is 28.5 Å². The molecule has 23 heavy (non-hydrogen) atoms. The van der Waals surface area contributed by atoms with Crippen LogP contribution in [0.3, 0.4) is 0 Å². The number of nitrogens with zero attached hydrogens (tertiary/aromatic N) is 2. The summed E-state index contributed by atoms with van der Waals surface area (Å²) in [5.41, 5.74) is 1.65. The lowest BCUT2D eigenvalue weighted by Gasteiger charge is -2.26. The maximum absolute atomic E-state index is 12.1. The molecular formula is C18H22N4O. The van der Waals surface area contributed by atoms with Crippen LogP contribution in [0.25, 0.3) is 0 Å². The first-order chi connectivity index (χ1) is 11.3. The first-order valence-electron chi connectivity index (χ1n) is 8.22. The minimum absolute atomic E-state index is 0.0753. The van der Waals surface area contributed by atoms with Gasteiger partial charge in [0.25, 0.3) is 5.91 Å². The maximum atomic E-state index is 12.1. The summed E-state index contributed by atoms with van der Waals surface area (Å²) in [4.78, 5) is 20.7. The van der Waals surface area contributed by atoms with Crippen LogP contribution >= 0.6 is 0 Å². The van der Waals surface area contributed by atoms with Crippen molar-refractivity contribution >= 4 is 11.7 Å². The van der Waals surface area contributed by atoms with Crippen LogP contribution in [0.4, 0.5) is 5.82 Å². The van der Waals surface area contributed by atoms with Gasteiger partial charge >= 0.3 is 0 Å². The first kappa shape index (κ1) is 15.5. The van der Waals surface area contributed by atoms with E-state index >= 15 is 0 Å². The monoisotopic (exact) mass is 310 g/mol. The molecule has 0 aliphatic heterocycles. The van der Waals surface area contributed by atoms with Crippen LogP contribution in [0.1, 0.15) is 41.7 Å². The molecule has 5 heteroatoms. The Balaban J connectivity index is 1.40. The number of amides is 1. The molecule has 2 heterocycles. The summed E-state index contributed by atoms with van der Waals surface area (Å²) in [6, 6.07) is 10.1. The summed E-state index contributed by atoms with van der Waals surface area (Å²) < 4.78 is 0. The van der Waals surface area contributed by atoms with Gasteiger partial charge in [-0.05, 0) is 56.4 Å². The van der Waals surface area contributed by atoms with E-state index in [-0.39, 0.29) is 5.91 Å². The van der Waals surface area contributed by atoms with Crippen molar-refractivity contribution in [2.45, 2.75) is 38.1 Å². The molecule has 3 rings (SSSR count). The van der Waals surface area contributed by atoms with Gasteiger partial charge in [-0.15, -0.1) is 0 Å². The fraction of sp³-hybridized carbons (Fsp3) is 0.389. The molecule has 0 radical (unpaired) electrons. The molecule has 1 fully saturated rings. The van der Waals surface area contributed by atoms with Crippen LogP contribution in [0, 0.1) is 0 Å². The summed E-state index contributed by atoms with van der Waals surface area (Å²) in [5.74, 6) is 0.773. The summed E-state index contributed by atoms with van der Waals surface area (Å²) in [6.07, 6.45) is 8.87. The molecule has 0 spiro atoms. The van der Waals surface area contributed by atoms with Crippen LogP contribution in [-0.2, 0) is 6.42 Å². The van der Waals surface area contributed by atoms with Gasteiger partial charge in [0.15, 0.2) is 0 Å². The fourth-order valence-electron chi connectivity index (χ4n) is 2.49. The van der Waals surface area contributed by atoms with Crippen LogP contribution in [0.15, 0.2) is 42.7 Å². The number of anilines is 1. The maximum Gasteiger partial charge on any atom is 0.252 e. The van der Waals surface area contributed by atoms with Crippen molar-refractivity contribution in [1.82, 2.24) is 15.3 Å². The summed E-state index contributed by atoms with van der Waals surface area (Å²) in [5, 5.41) is 6.29.